The summed E-state index contributed by atoms with van der Waals surface area (Å²) in [4.78, 5) is 29.5. The van der Waals surface area contributed by atoms with Gasteiger partial charge in [0.05, 0.1) is 33.1 Å². The topological polar surface area (TPSA) is 92.1 Å². The molecule has 1 aliphatic carbocycles. The predicted molar refractivity (Wildman–Crippen MR) is 393 cm³/mol. The molecule has 0 atom stereocenters. The van der Waals surface area contributed by atoms with E-state index in [0.717, 1.165) is 56.0 Å². The Labute approximate surface area is 554 Å². The Morgan fingerprint density at radius 3 is 0.958 bits per heavy atom. The molecule has 0 aliphatic heterocycles. The van der Waals surface area contributed by atoms with Crippen LogP contribution in [-0.2, 0) is 5.41 Å². The zero-order valence-electron chi connectivity index (χ0n) is 52.6. The highest BCUT2D eigenvalue weighted by Crippen LogP contribution is 2.53. The SMILES string of the molecule is CC1(C)c2ccccc2-c2c1ccc1c2c2ccccc2n1-c1ccc(-c2nc(-c3ccccc3)nc(-c3ccccc3)n2)cc1.c1ccc(-c2nc(-c3ccccc3)nc(-c3ccc(-n4c5ccccc5c5cc6c(cc54)c4ccccc4n6-c4ccccc4)cc3)n2)cc1. The van der Waals surface area contributed by atoms with Gasteiger partial charge in [0, 0.05) is 88.2 Å². The molecule has 9 nitrogen and oxygen atoms in total. The first-order valence-corrected chi connectivity index (χ1v) is 32.5. The van der Waals surface area contributed by atoms with Crippen molar-refractivity contribution in [2.45, 2.75) is 19.3 Å². The fraction of sp³-hybridized carbons (Fsp3) is 0.0345. The van der Waals surface area contributed by atoms with Crippen LogP contribution in [0, 0.1) is 0 Å². The van der Waals surface area contributed by atoms with E-state index in [1.807, 2.05) is 121 Å². The summed E-state index contributed by atoms with van der Waals surface area (Å²) < 4.78 is 7.15. The third-order valence-electron chi connectivity index (χ3n) is 19.0. The van der Waals surface area contributed by atoms with Gasteiger partial charge in [-0.3, -0.25) is 0 Å². The highest BCUT2D eigenvalue weighted by Gasteiger charge is 2.37. The normalized spacial score (nSPS) is 12.4. The van der Waals surface area contributed by atoms with Gasteiger partial charge in [0.25, 0.3) is 0 Å². The van der Waals surface area contributed by atoms with Crippen molar-refractivity contribution in [3.8, 4) is 96.5 Å². The number of aromatic nitrogens is 9. The van der Waals surface area contributed by atoms with Crippen molar-refractivity contribution in [2.75, 3.05) is 0 Å². The molecule has 0 unspecified atom stereocenters. The maximum atomic E-state index is 4.95. The van der Waals surface area contributed by atoms with Crippen LogP contribution in [0.25, 0.3) is 162 Å². The largest absolute Gasteiger partial charge is 0.309 e. The lowest BCUT2D eigenvalue weighted by Crippen LogP contribution is -2.14. The summed E-state index contributed by atoms with van der Waals surface area (Å²) in [5.41, 5.74) is 21.6. The first kappa shape index (κ1) is 56.1. The van der Waals surface area contributed by atoms with Crippen LogP contribution in [0.2, 0.25) is 0 Å². The molecule has 1 aliphatic rings. The summed E-state index contributed by atoms with van der Waals surface area (Å²) in [6, 6.07) is 113. The van der Waals surface area contributed by atoms with E-state index >= 15 is 0 Å². The summed E-state index contributed by atoms with van der Waals surface area (Å²) in [6.07, 6.45) is 0. The Bertz CT molecular complexity index is 5880. The summed E-state index contributed by atoms with van der Waals surface area (Å²) in [6.45, 7) is 4.68. The minimum absolute atomic E-state index is 0.0489. The molecule has 18 aromatic rings. The summed E-state index contributed by atoms with van der Waals surface area (Å²) >= 11 is 0. The zero-order valence-corrected chi connectivity index (χ0v) is 52.6. The molecule has 0 bridgehead atoms. The molecule has 0 radical (unpaired) electrons. The van der Waals surface area contributed by atoms with E-state index in [2.05, 4.69) is 228 Å². The van der Waals surface area contributed by atoms with Crippen molar-refractivity contribution in [1.29, 1.82) is 0 Å². The Balaban J connectivity index is 0.000000141. The van der Waals surface area contributed by atoms with Crippen LogP contribution in [0.5, 0.6) is 0 Å². The molecular formula is C87H59N9. The molecule has 5 heterocycles. The van der Waals surface area contributed by atoms with Crippen LogP contribution in [0.1, 0.15) is 25.0 Å². The van der Waals surface area contributed by atoms with E-state index in [4.69, 9.17) is 29.9 Å². The molecule has 13 aromatic carbocycles. The smallest absolute Gasteiger partial charge is 0.164 e. The van der Waals surface area contributed by atoms with Crippen LogP contribution in [0.4, 0.5) is 0 Å². The van der Waals surface area contributed by atoms with Gasteiger partial charge in [-0.25, -0.2) is 29.9 Å². The number of hydrogen-bond acceptors (Lipinski definition) is 6. The monoisotopic (exact) mass is 1230 g/mol. The zero-order chi connectivity index (χ0) is 63.8. The van der Waals surface area contributed by atoms with Crippen molar-refractivity contribution in [3.05, 3.63) is 333 Å². The van der Waals surface area contributed by atoms with Crippen molar-refractivity contribution >= 4 is 65.4 Å². The fourth-order valence-electron chi connectivity index (χ4n) is 14.5. The van der Waals surface area contributed by atoms with Gasteiger partial charge in [-0.15, -0.1) is 0 Å². The molecule has 452 valence electrons. The van der Waals surface area contributed by atoms with Crippen molar-refractivity contribution in [1.82, 2.24) is 43.6 Å². The van der Waals surface area contributed by atoms with Gasteiger partial charge in [-0.05, 0) is 119 Å². The van der Waals surface area contributed by atoms with Gasteiger partial charge in [-0.1, -0.05) is 238 Å². The molecule has 5 aromatic heterocycles. The van der Waals surface area contributed by atoms with Crippen molar-refractivity contribution < 1.29 is 0 Å². The molecule has 0 saturated heterocycles. The van der Waals surface area contributed by atoms with Gasteiger partial charge in [0.15, 0.2) is 34.9 Å². The highest BCUT2D eigenvalue weighted by atomic mass is 15.1. The van der Waals surface area contributed by atoms with Crippen LogP contribution in [0.3, 0.4) is 0 Å². The number of fused-ring (bicyclic) bond motifs is 13. The van der Waals surface area contributed by atoms with Gasteiger partial charge in [-0.2, -0.15) is 0 Å². The van der Waals surface area contributed by atoms with Crippen LogP contribution in [-0.4, -0.2) is 43.6 Å². The highest BCUT2D eigenvalue weighted by molar-refractivity contribution is 6.20. The van der Waals surface area contributed by atoms with Gasteiger partial charge in [0.1, 0.15) is 0 Å². The third-order valence-corrected chi connectivity index (χ3v) is 19.0. The first-order valence-electron chi connectivity index (χ1n) is 32.5. The van der Waals surface area contributed by atoms with Crippen LogP contribution >= 0.6 is 0 Å². The molecule has 0 fully saturated rings. The standard InChI is InChI=1S/C45H29N5.C42H30N4/c1-4-14-30(15-5-1)43-46-44(31-16-6-2-7-17-31)48-45(47-43)32-24-26-34(27-25-32)50-40-23-13-11-21-36(40)38-28-41-37(29-42(38)50)35-20-10-12-22-39(35)49(41)33-18-8-3-9-19-33;1-42(2)33-19-11-9-17-31(33)37-34(42)25-26-36-38(37)32-18-10-12-20-35(32)46(36)30-23-21-29(22-24-30)41-44-39(27-13-5-3-6-14-27)43-40(45-41)28-15-7-4-8-16-28/h1-29H;3-26H,1-2H3. The quantitative estimate of drug-likeness (QED) is 0.143. The Morgan fingerprint density at radius 1 is 0.229 bits per heavy atom. The second kappa shape index (κ2) is 22.8. The van der Waals surface area contributed by atoms with Crippen molar-refractivity contribution in [2.24, 2.45) is 0 Å². The van der Waals surface area contributed by atoms with Crippen LogP contribution in [0.15, 0.2) is 322 Å². The van der Waals surface area contributed by atoms with E-state index in [-0.39, 0.29) is 5.41 Å². The summed E-state index contributed by atoms with van der Waals surface area (Å²) in [7, 11) is 0. The molecule has 0 spiro atoms. The lowest BCUT2D eigenvalue weighted by Gasteiger charge is -2.21. The van der Waals surface area contributed by atoms with E-state index in [0.29, 0.717) is 34.9 Å². The van der Waals surface area contributed by atoms with E-state index in [9.17, 15) is 0 Å². The molecule has 0 saturated carbocycles. The maximum absolute atomic E-state index is 4.95. The van der Waals surface area contributed by atoms with Gasteiger partial charge < -0.3 is 13.7 Å². The number of rotatable bonds is 9. The third kappa shape index (κ3) is 9.38. The fourth-order valence-corrected chi connectivity index (χ4v) is 14.5. The number of hydrogen-bond donors (Lipinski definition) is 0. The minimum atomic E-state index is -0.0489. The minimum Gasteiger partial charge on any atom is -0.309 e. The van der Waals surface area contributed by atoms with E-state index in [1.165, 1.54) is 82.2 Å². The lowest BCUT2D eigenvalue weighted by atomic mass is 9.82. The lowest BCUT2D eigenvalue weighted by molar-refractivity contribution is 0.661. The maximum Gasteiger partial charge on any atom is 0.164 e. The number of benzene rings is 13. The van der Waals surface area contributed by atoms with E-state index in [1.54, 1.807) is 0 Å². The first-order chi connectivity index (χ1) is 47.4. The second-order valence-corrected chi connectivity index (χ2v) is 25.0. The van der Waals surface area contributed by atoms with Gasteiger partial charge in [0.2, 0.25) is 0 Å². The summed E-state index contributed by atoms with van der Waals surface area (Å²) in [5.74, 6) is 3.92. The molecule has 9 heteroatoms. The Kier molecular flexibility index (Phi) is 13.3. The Hall–Kier alpha value is -12.7. The molecule has 96 heavy (non-hydrogen) atoms. The predicted octanol–water partition coefficient (Wildman–Crippen LogP) is 21.3. The Morgan fingerprint density at radius 2 is 0.542 bits per heavy atom. The van der Waals surface area contributed by atoms with Gasteiger partial charge >= 0.3 is 0 Å². The number of nitrogens with zero attached hydrogens (tertiary/aromatic N) is 9. The van der Waals surface area contributed by atoms with Crippen LogP contribution < -0.4 is 0 Å². The molecule has 19 rings (SSSR count). The second-order valence-electron chi connectivity index (χ2n) is 25.0. The molecule has 0 N–H and O–H groups in total. The van der Waals surface area contributed by atoms with E-state index < -0.39 is 0 Å². The average Bonchev–Trinajstić information content (AvgIpc) is 1.54. The average molecular weight is 1230 g/mol. The van der Waals surface area contributed by atoms with Crippen molar-refractivity contribution in [3.63, 3.8) is 0 Å². The molecule has 0 amide bonds. The summed E-state index contributed by atoms with van der Waals surface area (Å²) in [5, 5.41) is 7.48. The number of para-hydroxylation sites is 4. The molecular weight excluding hydrogens is 1170 g/mol.